The molecule has 0 amide bonds. The molecule has 0 aliphatic carbocycles. The maximum atomic E-state index is 7.69. The van der Waals surface area contributed by atoms with E-state index in [1.807, 2.05) is 33.8 Å². The summed E-state index contributed by atoms with van der Waals surface area (Å²) in [4.78, 5) is 4.33. The average molecular weight is 243 g/mol. The summed E-state index contributed by atoms with van der Waals surface area (Å²) >= 11 is 0. The van der Waals surface area contributed by atoms with E-state index >= 15 is 0 Å². The van der Waals surface area contributed by atoms with Crippen LogP contribution < -0.4 is 5.73 Å². The van der Waals surface area contributed by atoms with E-state index in [4.69, 9.17) is 11.1 Å². The number of hydrogen-bond acceptors (Lipinski definition) is 3. The number of rotatable bonds is 2. The van der Waals surface area contributed by atoms with Crippen LogP contribution in [-0.2, 0) is 0 Å². The average Bonchev–Trinajstić information content (AvgIpc) is 2.56. The topological polar surface area (TPSA) is 80.6 Å². The van der Waals surface area contributed by atoms with Crippen molar-refractivity contribution in [3.63, 3.8) is 0 Å². The molecule has 0 saturated heterocycles. The van der Waals surface area contributed by atoms with Crippen LogP contribution in [0, 0.1) is 33.1 Å². The molecule has 0 aromatic carbocycles. The Hall–Kier alpha value is -2.17. The number of nitrogens with one attached hydrogen (secondary N) is 1. The van der Waals surface area contributed by atoms with Gasteiger partial charge in [-0.1, -0.05) is 0 Å². The molecule has 0 saturated carbocycles. The van der Waals surface area contributed by atoms with Crippen LogP contribution >= 0.6 is 0 Å². The summed E-state index contributed by atoms with van der Waals surface area (Å²) in [6.07, 6.45) is 1.71. The molecule has 0 unspecified atom stereocenters. The minimum absolute atomic E-state index is 0.0146. The molecule has 2 aromatic heterocycles. The molecular weight excluding hydrogens is 226 g/mol. The third kappa shape index (κ3) is 1.77. The lowest BCUT2D eigenvalue weighted by Crippen LogP contribution is -2.18. The fourth-order valence-corrected chi connectivity index (χ4v) is 1.96. The largest absolute Gasteiger partial charge is 0.384 e. The van der Waals surface area contributed by atoms with Crippen LogP contribution in [0.3, 0.4) is 0 Å². The summed E-state index contributed by atoms with van der Waals surface area (Å²) in [5, 5.41) is 12.2. The smallest absolute Gasteiger partial charge is 0.164 e. The van der Waals surface area contributed by atoms with Gasteiger partial charge in [-0.25, -0.2) is 9.67 Å². The molecule has 2 rings (SSSR count). The highest BCUT2D eigenvalue weighted by atomic mass is 15.3. The Kier molecular flexibility index (Phi) is 2.90. The molecule has 2 heterocycles. The van der Waals surface area contributed by atoms with E-state index in [2.05, 4.69) is 10.1 Å². The van der Waals surface area contributed by atoms with Gasteiger partial charge in [-0.05, 0) is 44.9 Å². The summed E-state index contributed by atoms with van der Waals surface area (Å²) in [7, 11) is 0. The zero-order valence-electron chi connectivity index (χ0n) is 11.1. The van der Waals surface area contributed by atoms with Crippen LogP contribution in [0.1, 0.15) is 28.1 Å². The summed E-state index contributed by atoms with van der Waals surface area (Å²) in [6, 6.07) is 1.85. The Balaban J connectivity index is 2.75. The molecule has 94 valence electrons. The highest BCUT2D eigenvalue weighted by molar-refractivity contribution is 5.99. The number of amidine groups is 1. The van der Waals surface area contributed by atoms with Crippen molar-refractivity contribution in [1.29, 1.82) is 5.41 Å². The third-order valence-electron chi connectivity index (χ3n) is 3.26. The highest BCUT2D eigenvalue weighted by Gasteiger charge is 2.16. The predicted molar refractivity (Wildman–Crippen MR) is 71.3 cm³/mol. The first kappa shape index (κ1) is 12.3. The van der Waals surface area contributed by atoms with Crippen LogP contribution in [0.2, 0.25) is 0 Å². The number of nitrogens with zero attached hydrogens (tertiary/aromatic N) is 3. The zero-order valence-corrected chi connectivity index (χ0v) is 11.1. The summed E-state index contributed by atoms with van der Waals surface area (Å²) < 4.78 is 1.76. The van der Waals surface area contributed by atoms with E-state index in [1.54, 1.807) is 10.9 Å². The second-order valence-corrected chi connectivity index (χ2v) is 4.45. The second-order valence-electron chi connectivity index (χ2n) is 4.45. The maximum Gasteiger partial charge on any atom is 0.164 e. The molecule has 0 bridgehead atoms. The minimum atomic E-state index is 0.0146. The van der Waals surface area contributed by atoms with Crippen molar-refractivity contribution in [1.82, 2.24) is 14.8 Å². The van der Waals surface area contributed by atoms with Crippen LogP contribution in [0.5, 0.6) is 0 Å². The summed E-state index contributed by atoms with van der Waals surface area (Å²) in [6.45, 7) is 7.89. The Labute approximate surface area is 106 Å². The molecule has 5 heteroatoms. The zero-order chi connectivity index (χ0) is 13.4. The molecular formula is C13H17N5. The molecule has 2 aromatic rings. The lowest BCUT2D eigenvalue weighted by molar-refractivity contribution is 0.801. The number of nitrogens with two attached hydrogens (primary N) is 1. The van der Waals surface area contributed by atoms with Crippen LogP contribution in [0.25, 0.3) is 5.82 Å². The third-order valence-corrected chi connectivity index (χ3v) is 3.26. The van der Waals surface area contributed by atoms with Crippen molar-refractivity contribution in [3.05, 3.63) is 40.3 Å². The van der Waals surface area contributed by atoms with Gasteiger partial charge in [0.2, 0.25) is 0 Å². The first-order chi connectivity index (χ1) is 8.43. The van der Waals surface area contributed by atoms with E-state index in [0.29, 0.717) is 11.4 Å². The van der Waals surface area contributed by atoms with Gasteiger partial charge in [0.05, 0.1) is 11.3 Å². The Morgan fingerprint density at radius 1 is 1.28 bits per heavy atom. The first-order valence-corrected chi connectivity index (χ1v) is 5.76. The molecule has 0 fully saturated rings. The number of aryl methyl sites for hydroxylation is 2. The molecule has 0 radical (unpaired) electrons. The molecule has 0 spiro atoms. The van der Waals surface area contributed by atoms with E-state index in [9.17, 15) is 0 Å². The van der Waals surface area contributed by atoms with Gasteiger partial charge in [-0.15, -0.1) is 0 Å². The Morgan fingerprint density at radius 2 is 1.94 bits per heavy atom. The lowest BCUT2D eigenvalue weighted by atomic mass is 10.1. The SMILES string of the molecule is Cc1ccnc(-n2nc(C)c(C)c2C)c1C(=N)N. The van der Waals surface area contributed by atoms with Gasteiger partial charge in [0.25, 0.3) is 0 Å². The van der Waals surface area contributed by atoms with Gasteiger partial charge in [0.1, 0.15) is 5.84 Å². The normalized spacial score (nSPS) is 10.7. The molecule has 5 nitrogen and oxygen atoms in total. The quantitative estimate of drug-likeness (QED) is 0.623. The van der Waals surface area contributed by atoms with Gasteiger partial charge in [-0.3, -0.25) is 5.41 Å². The van der Waals surface area contributed by atoms with Crippen molar-refractivity contribution >= 4 is 5.84 Å². The van der Waals surface area contributed by atoms with E-state index in [-0.39, 0.29) is 5.84 Å². The van der Waals surface area contributed by atoms with Gasteiger partial charge in [0, 0.05) is 11.9 Å². The van der Waals surface area contributed by atoms with Gasteiger partial charge >= 0.3 is 0 Å². The number of aromatic nitrogens is 3. The van der Waals surface area contributed by atoms with E-state index in [1.165, 1.54) is 0 Å². The summed E-state index contributed by atoms with van der Waals surface area (Å²) in [5.74, 6) is 0.636. The minimum Gasteiger partial charge on any atom is -0.384 e. The van der Waals surface area contributed by atoms with Crippen molar-refractivity contribution in [2.45, 2.75) is 27.7 Å². The molecule has 0 atom stereocenters. The first-order valence-electron chi connectivity index (χ1n) is 5.76. The van der Waals surface area contributed by atoms with Gasteiger partial charge in [0.15, 0.2) is 5.82 Å². The van der Waals surface area contributed by atoms with Gasteiger partial charge in [-0.2, -0.15) is 5.10 Å². The van der Waals surface area contributed by atoms with Crippen LogP contribution in [0.15, 0.2) is 12.3 Å². The van der Waals surface area contributed by atoms with Crippen molar-refractivity contribution in [2.75, 3.05) is 0 Å². The van der Waals surface area contributed by atoms with Crippen molar-refractivity contribution in [3.8, 4) is 5.82 Å². The summed E-state index contributed by atoms with van der Waals surface area (Å²) in [5.41, 5.74) is 10.3. The maximum absolute atomic E-state index is 7.69. The fraction of sp³-hybridized carbons (Fsp3) is 0.308. The number of nitrogen functional groups attached to an aromatic ring is 1. The lowest BCUT2D eigenvalue weighted by Gasteiger charge is -2.11. The standard InChI is InChI=1S/C13H17N5/c1-7-5-6-16-13(11(7)12(14)15)18-10(4)8(2)9(3)17-18/h5-6H,1-4H3,(H3,14,15). The van der Waals surface area contributed by atoms with Crippen molar-refractivity contribution in [2.24, 2.45) is 5.73 Å². The Bertz CT molecular complexity index is 625. The van der Waals surface area contributed by atoms with Crippen molar-refractivity contribution < 1.29 is 0 Å². The fourth-order valence-electron chi connectivity index (χ4n) is 1.96. The number of pyridine rings is 1. The van der Waals surface area contributed by atoms with Crippen LogP contribution in [0.4, 0.5) is 0 Å². The Morgan fingerprint density at radius 3 is 2.44 bits per heavy atom. The number of hydrogen-bond donors (Lipinski definition) is 2. The second kappa shape index (κ2) is 4.25. The highest BCUT2D eigenvalue weighted by Crippen LogP contribution is 2.20. The van der Waals surface area contributed by atoms with Crippen LogP contribution in [-0.4, -0.2) is 20.6 Å². The molecule has 3 N–H and O–H groups in total. The monoisotopic (exact) mass is 243 g/mol. The van der Waals surface area contributed by atoms with Gasteiger partial charge < -0.3 is 5.73 Å². The predicted octanol–water partition coefficient (Wildman–Crippen LogP) is 1.79. The molecule has 0 aliphatic rings. The molecule has 0 aliphatic heterocycles. The van der Waals surface area contributed by atoms with E-state index < -0.39 is 0 Å². The molecule has 18 heavy (non-hydrogen) atoms. The van der Waals surface area contributed by atoms with E-state index in [0.717, 1.165) is 22.5 Å².